The highest BCUT2D eigenvalue weighted by Gasteiger charge is 2.31. The van der Waals surface area contributed by atoms with E-state index in [0.29, 0.717) is 57.5 Å². The topological polar surface area (TPSA) is 125 Å². The lowest BCUT2D eigenvalue weighted by Crippen LogP contribution is -2.45. The molecule has 0 bridgehead atoms. The summed E-state index contributed by atoms with van der Waals surface area (Å²) in [6.07, 6.45) is 3.66. The summed E-state index contributed by atoms with van der Waals surface area (Å²) in [5, 5.41) is 13.8. The van der Waals surface area contributed by atoms with Crippen LogP contribution in [0.15, 0.2) is 24.3 Å². The maximum atomic E-state index is 13.0. The summed E-state index contributed by atoms with van der Waals surface area (Å²) in [4.78, 5) is 53.2. The molecule has 11 heteroatoms. The van der Waals surface area contributed by atoms with Gasteiger partial charge in [-0.3, -0.25) is 19.2 Å². The number of nitrogens with zero attached hydrogens (tertiary/aromatic N) is 4. The summed E-state index contributed by atoms with van der Waals surface area (Å²) in [5.74, 6) is -0.923. The third-order valence-electron chi connectivity index (χ3n) is 6.27. The Labute approximate surface area is 208 Å². The first-order valence-electron chi connectivity index (χ1n) is 12.0. The molecule has 2 aliphatic rings. The number of carbonyl (C=O) groups excluding carboxylic acids is 4. The van der Waals surface area contributed by atoms with Crippen molar-refractivity contribution in [3.05, 3.63) is 39.8 Å². The molecule has 0 saturated carbocycles. The van der Waals surface area contributed by atoms with Crippen molar-refractivity contribution in [2.75, 3.05) is 38.0 Å². The summed E-state index contributed by atoms with van der Waals surface area (Å²) >= 11 is 0.946. The minimum absolute atomic E-state index is 0.0781. The molecule has 0 spiro atoms. The number of carbonyl (C=O) groups is 4. The minimum Gasteiger partial charge on any atom is -0.356 e. The Morgan fingerprint density at radius 1 is 1.09 bits per heavy atom. The van der Waals surface area contributed by atoms with Crippen LogP contribution >= 0.6 is 11.3 Å². The number of amides is 4. The molecule has 3 heterocycles. The average Bonchev–Trinajstić information content (AvgIpc) is 3.52. The first-order valence-corrected chi connectivity index (χ1v) is 12.8. The third kappa shape index (κ3) is 6.41. The van der Waals surface area contributed by atoms with Gasteiger partial charge in [0.15, 0.2) is 0 Å². The van der Waals surface area contributed by atoms with Gasteiger partial charge in [-0.05, 0) is 44.7 Å². The molecule has 10 nitrogen and oxygen atoms in total. The Morgan fingerprint density at radius 2 is 1.86 bits per heavy atom. The van der Waals surface area contributed by atoms with Gasteiger partial charge in [-0.2, -0.15) is 0 Å². The number of aryl methyl sites for hydroxylation is 1. The number of nitrogens with one attached hydrogen (secondary N) is 2. The van der Waals surface area contributed by atoms with Crippen molar-refractivity contribution in [3.63, 3.8) is 0 Å². The van der Waals surface area contributed by atoms with E-state index >= 15 is 0 Å². The average molecular weight is 499 g/mol. The highest BCUT2D eigenvalue weighted by atomic mass is 32.1. The summed E-state index contributed by atoms with van der Waals surface area (Å²) in [5.41, 5.74) is 1.72. The van der Waals surface area contributed by atoms with Gasteiger partial charge in [0.1, 0.15) is 0 Å². The van der Waals surface area contributed by atoms with E-state index in [4.69, 9.17) is 0 Å². The van der Waals surface area contributed by atoms with Crippen molar-refractivity contribution in [1.29, 1.82) is 0 Å². The van der Waals surface area contributed by atoms with Crippen molar-refractivity contribution < 1.29 is 19.2 Å². The highest BCUT2D eigenvalue weighted by molar-refractivity contribution is 7.15. The first-order chi connectivity index (χ1) is 16.9. The minimum atomic E-state index is -0.420. The molecule has 0 aliphatic carbocycles. The Hall–Kier alpha value is -3.34. The fraction of sp³-hybridized carbons (Fsp3) is 0.500. The van der Waals surface area contributed by atoms with Crippen molar-refractivity contribution in [2.45, 2.75) is 39.0 Å². The Morgan fingerprint density at radius 3 is 2.60 bits per heavy atom. The van der Waals surface area contributed by atoms with Gasteiger partial charge in [-0.1, -0.05) is 29.0 Å². The van der Waals surface area contributed by atoms with E-state index in [1.165, 1.54) is 0 Å². The van der Waals surface area contributed by atoms with E-state index in [1.54, 1.807) is 17.0 Å². The van der Waals surface area contributed by atoms with Crippen LogP contribution in [-0.4, -0.2) is 76.3 Å². The number of rotatable bonds is 8. The van der Waals surface area contributed by atoms with Crippen LogP contribution in [0.3, 0.4) is 0 Å². The predicted molar refractivity (Wildman–Crippen MR) is 131 cm³/mol. The lowest BCUT2D eigenvalue weighted by Gasteiger charge is -2.31. The van der Waals surface area contributed by atoms with E-state index in [0.717, 1.165) is 29.9 Å². The highest BCUT2D eigenvalue weighted by Crippen LogP contribution is 2.21. The van der Waals surface area contributed by atoms with Crippen molar-refractivity contribution >= 4 is 40.7 Å². The zero-order chi connectivity index (χ0) is 24.8. The van der Waals surface area contributed by atoms with Gasteiger partial charge < -0.3 is 20.4 Å². The molecule has 2 fully saturated rings. The Kier molecular flexibility index (Phi) is 8.06. The smallest absolute Gasteiger partial charge is 0.286 e. The SMILES string of the molecule is Cc1ccc(NC(=O)c2nnc(C(=O)N3CCC[C@@H](C(=O)NCCCN4CCCC4=O)C3)s2)cc1. The summed E-state index contributed by atoms with van der Waals surface area (Å²) in [7, 11) is 0. The Bertz CT molecular complexity index is 1090. The predicted octanol–water partition coefficient (Wildman–Crippen LogP) is 2.08. The Balaban J connectivity index is 1.25. The first kappa shape index (κ1) is 24.8. The van der Waals surface area contributed by atoms with Crippen molar-refractivity contribution in [3.8, 4) is 0 Å². The van der Waals surface area contributed by atoms with Crippen LogP contribution in [0.1, 0.15) is 57.3 Å². The van der Waals surface area contributed by atoms with Gasteiger partial charge in [-0.15, -0.1) is 10.2 Å². The molecule has 2 aromatic rings. The van der Waals surface area contributed by atoms with Crippen LogP contribution in [-0.2, 0) is 9.59 Å². The van der Waals surface area contributed by atoms with Crippen LogP contribution < -0.4 is 10.6 Å². The molecule has 2 N–H and O–H groups in total. The molecule has 4 amide bonds. The molecule has 0 unspecified atom stereocenters. The van der Waals surface area contributed by atoms with Crippen LogP contribution in [0.25, 0.3) is 0 Å². The standard InChI is InChI=1S/C24H30N6O4S/c1-16-7-9-18(10-8-16)26-21(33)22-27-28-23(35-22)24(34)30-13-2-5-17(15-30)20(32)25-11-4-14-29-12-3-6-19(29)31/h7-10,17H,2-6,11-15H2,1H3,(H,25,32)(H,26,33)/t17-/m1/s1. The zero-order valence-corrected chi connectivity index (χ0v) is 20.6. The largest absolute Gasteiger partial charge is 0.356 e. The molecule has 4 rings (SSSR count). The molecule has 186 valence electrons. The second kappa shape index (κ2) is 11.4. The van der Waals surface area contributed by atoms with Gasteiger partial charge in [0.05, 0.1) is 5.92 Å². The van der Waals surface area contributed by atoms with Gasteiger partial charge in [-0.25, -0.2) is 0 Å². The van der Waals surface area contributed by atoms with Crippen molar-refractivity contribution in [1.82, 2.24) is 25.3 Å². The van der Waals surface area contributed by atoms with E-state index in [-0.39, 0.29) is 33.7 Å². The van der Waals surface area contributed by atoms with Crippen LogP contribution in [0.4, 0.5) is 5.69 Å². The molecule has 0 radical (unpaired) electrons. The maximum absolute atomic E-state index is 13.0. The van der Waals surface area contributed by atoms with Gasteiger partial charge in [0.2, 0.25) is 21.8 Å². The van der Waals surface area contributed by atoms with Gasteiger partial charge in [0, 0.05) is 44.8 Å². The lowest BCUT2D eigenvalue weighted by atomic mass is 9.97. The molecule has 2 aliphatic heterocycles. The number of hydrogen-bond acceptors (Lipinski definition) is 7. The molecular weight excluding hydrogens is 468 g/mol. The van der Waals surface area contributed by atoms with E-state index in [1.807, 2.05) is 24.0 Å². The number of aromatic nitrogens is 2. The van der Waals surface area contributed by atoms with Gasteiger partial charge in [0.25, 0.3) is 11.8 Å². The number of hydrogen-bond donors (Lipinski definition) is 2. The van der Waals surface area contributed by atoms with E-state index in [9.17, 15) is 19.2 Å². The summed E-state index contributed by atoms with van der Waals surface area (Å²) in [6.45, 7) is 4.76. The normalized spacial score (nSPS) is 18.0. The second-order valence-corrected chi connectivity index (χ2v) is 9.93. The van der Waals surface area contributed by atoms with Crippen LogP contribution in [0.5, 0.6) is 0 Å². The molecule has 35 heavy (non-hydrogen) atoms. The number of likely N-dealkylation sites (tertiary alicyclic amines) is 2. The molecule has 2 saturated heterocycles. The molecule has 1 aromatic carbocycles. The van der Waals surface area contributed by atoms with Crippen LogP contribution in [0, 0.1) is 12.8 Å². The fourth-order valence-electron chi connectivity index (χ4n) is 4.30. The molecule has 1 aromatic heterocycles. The summed E-state index contributed by atoms with van der Waals surface area (Å²) < 4.78 is 0. The fourth-order valence-corrected chi connectivity index (χ4v) is 5.01. The van der Waals surface area contributed by atoms with Crippen LogP contribution in [0.2, 0.25) is 0 Å². The van der Waals surface area contributed by atoms with Crippen molar-refractivity contribution in [2.24, 2.45) is 5.92 Å². The third-order valence-corrected chi connectivity index (χ3v) is 7.18. The number of anilines is 1. The molecular formula is C24H30N6O4S. The lowest BCUT2D eigenvalue weighted by molar-refractivity contribution is -0.127. The van der Waals surface area contributed by atoms with E-state index < -0.39 is 5.91 Å². The second-order valence-electron chi connectivity index (χ2n) is 8.95. The molecule has 1 atom stereocenters. The quantitative estimate of drug-likeness (QED) is 0.537. The number of piperidine rings is 1. The maximum Gasteiger partial charge on any atom is 0.286 e. The zero-order valence-electron chi connectivity index (χ0n) is 19.8. The summed E-state index contributed by atoms with van der Waals surface area (Å²) in [6, 6.07) is 7.38. The van der Waals surface area contributed by atoms with Gasteiger partial charge >= 0.3 is 0 Å². The number of benzene rings is 1. The monoisotopic (exact) mass is 498 g/mol. The van der Waals surface area contributed by atoms with E-state index in [2.05, 4.69) is 20.8 Å².